The second-order valence-corrected chi connectivity index (χ2v) is 6.66. The summed E-state index contributed by atoms with van der Waals surface area (Å²) < 4.78 is 67.9. The summed E-state index contributed by atoms with van der Waals surface area (Å²) in [5, 5.41) is 1.70. The predicted molar refractivity (Wildman–Crippen MR) is 81.5 cm³/mol. The van der Waals surface area contributed by atoms with Crippen LogP contribution in [-0.4, -0.2) is 51.6 Å². The summed E-state index contributed by atoms with van der Waals surface area (Å²) in [6.07, 6.45) is -4.56. The van der Waals surface area contributed by atoms with Crippen LogP contribution in [0.5, 0.6) is 5.75 Å². The summed E-state index contributed by atoms with van der Waals surface area (Å²) in [5.41, 5.74) is -0.203. The van der Waals surface area contributed by atoms with Crippen molar-refractivity contribution in [2.45, 2.75) is 24.9 Å². The third kappa shape index (κ3) is 4.84. The van der Waals surface area contributed by atoms with Gasteiger partial charge in [0.15, 0.2) is 0 Å². The molecule has 0 spiro atoms. The lowest BCUT2D eigenvalue weighted by atomic mass is 10.2. The molecule has 0 aliphatic carbocycles. The van der Waals surface area contributed by atoms with Crippen molar-refractivity contribution in [3.8, 4) is 5.75 Å². The lowest BCUT2D eigenvalue weighted by Crippen LogP contribution is -2.34. The number of nitrogens with one attached hydrogen (secondary N) is 1. The number of amides is 1. The molecule has 0 saturated carbocycles. The Balaban J connectivity index is 3.24. The molecular formula is C14H19F3N2O4S. The Bertz CT molecular complexity index is 686. The molecule has 0 atom stereocenters. The number of carbonyl (C=O) groups excluding carboxylic acids is 1. The number of sulfonamides is 1. The molecule has 1 aromatic rings. The highest BCUT2D eigenvalue weighted by atomic mass is 32.2. The first-order valence-corrected chi connectivity index (χ1v) is 8.54. The summed E-state index contributed by atoms with van der Waals surface area (Å²) in [6, 6.07) is 3.45. The highest BCUT2D eigenvalue weighted by molar-refractivity contribution is 7.89. The SMILES string of the molecule is CCN(CC)S(=O)(=O)c1cc(C(=O)NCC(F)(F)F)ccc1OC. The van der Waals surface area contributed by atoms with Crippen LogP contribution in [0.25, 0.3) is 0 Å². The summed E-state index contributed by atoms with van der Waals surface area (Å²) >= 11 is 0. The minimum Gasteiger partial charge on any atom is -0.495 e. The first kappa shape index (κ1) is 20.2. The fourth-order valence-corrected chi connectivity index (χ4v) is 3.64. The highest BCUT2D eigenvalue weighted by Crippen LogP contribution is 2.28. The fraction of sp³-hybridized carbons (Fsp3) is 0.500. The summed E-state index contributed by atoms with van der Waals surface area (Å²) in [7, 11) is -2.67. The maximum Gasteiger partial charge on any atom is 0.405 e. The minimum atomic E-state index is -4.56. The molecule has 0 fully saturated rings. The van der Waals surface area contributed by atoms with E-state index in [1.807, 2.05) is 0 Å². The average molecular weight is 368 g/mol. The Hall–Kier alpha value is -1.81. The number of carbonyl (C=O) groups is 1. The second kappa shape index (κ2) is 7.84. The van der Waals surface area contributed by atoms with Crippen LogP contribution in [0.3, 0.4) is 0 Å². The molecule has 1 amide bonds. The van der Waals surface area contributed by atoms with Crippen molar-refractivity contribution in [2.24, 2.45) is 0 Å². The van der Waals surface area contributed by atoms with E-state index in [1.165, 1.54) is 19.2 Å². The van der Waals surface area contributed by atoms with Crippen LogP contribution in [0.15, 0.2) is 23.1 Å². The maximum atomic E-state index is 12.6. The molecule has 0 aliphatic heterocycles. The van der Waals surface area contributed by atoms with Crippen molar-refractivity contribution < 1.29 is 31.1 Å². The van der Waals surface area contributed by atoms with Gasteiger partial charge >= 0.3 is 6.18 Å². The Morgan fingerprint density at radius 1 is 1.25 bits per heavy atom. The van der Waals surface area contributed by atoms with E-state index >= 15 is 0 Å². The van der Waals surface area contributed by atoms with Gasteiger partial charge in [0, 0.05) is 18.7 Å². The topological polar surface area (TPSA) is 75.7 Å². The molecule has 6 nitrogen and oxygen atoms in total. The van der Waals surface area contributed by atoms with Crippen LogP contribution in [0, 0.1) is 0 Å². The van der Waals surface area contributed by atoms with Gasteiger partial charge in [0.05, 0.1) is 7.11 Å². The van der Waals surface area contributed by atoms with E-state index in [0.29, 0.717) is 0 Å². The van der Waals surface area contributed by atoms with Crippen molar-refractivity contribution in [1.82, 2.24) is 9.62 Å². The third-order valence-electron chi connectivity index (χ3n) is 3.20. The number of nitrogens with zero attached hydrogens (tertiary/aromatic N) is 1. The first-order chi connectivity index (χ1) is 11.1. The zero-order valence-electron chi connectivity index (χ0n) is 13.5. The van der Waals surface area contributed by atoms with Gasteiger partial charge in [-0.2, -0.15) is 17.5 Å². The molecule has 1 rings (SSSR count). The predicted octanol–water partition coefficient (Wildman–Crippen LogP) is 2.02. The zero-order chi connectivity index (χ0) is 18.5. The van der Waals surface area contributed by atoms with Gasteiger partial charge in [-0.15, -0.1) is 0 Å². The van der Waals surface area contributed by atoms with Crippen molar-refractivity contribution in [3.05, 3.63) is 23.8 Å². The smallest absolute Gasteiger partial charge is 0.405 e. The van der Waals surface area contributed by atoms with E-state index in [-0.39, 0.29) is 29.3 Å². The van der Waals surface area contributed by atoms with Crippen LogP contribution in [0.4, 0.5) is 13.2 Å². The molecule has 0 bridgehead atoms. The molecule has 1 aromatic carbocycles. The molecule has 0 aliphatic rings. The Labute approximate surface area is 138 Å². The van der Waals surface area contributed by atoms with E-state index in [4.69, 9.17) is 4.74 Å². The van der Waals surface area contributed by atoms with Gasteiger partial charge in [0.2, 0.25) is 10.0 Å². The monoisotopic (exact) mass is 368 g/mol. The number of benzene rings is 1. The minimum absolute atomic E-state index is 0.00858. The number of rotatable bonds is 7. The van der Waals surface area contributed by atoms with Crippen LogP contribution < -0.4 is 10.1 Å². The van der Waals surface area contributed by atoms with Crippen molar-refractivity contribution in [2.75, 3.05) is 26.7 Å². The number of methoxy groups -OCH3 is 1. The van der Waals surface area contributed by atoms with E-state index < -0.39 is 28.7 Å². The van der Waals surface area contributed by atoms with Gasteiger partial charge in [0.1, 0.15) is 17.2 Å². The van der Waals surface area contributed by atoms with Crippen LogP contribution >= 0.6 is 0 Å². The molecule has 0 aromatic heterocycles. The third-order valence-corrected chi connectivity index (χ3v) is 5.27. The van der Waals surface area contributed by atoms with Crippen LogP contribution in [-0.2, 0) is 10.0 Å². The quantitative estimate of drug-likeness (QED) is 0.799. The van der Waals surface area contributed by atoms with Gasteiger partial charge in [-0.3, -0.25) is 4.79 Å². The Morgan fingerprint density at radius 3 is 2.29 bits per heavy atom. The molecule has 24 heavy (non-hydrogen) atoms. The molecule has 1 N–H and O–H groups in total. The van der Waals surface area contributed by atoms with Gasteiger partial charge in [-0.25, -0.2) is 8.42 Å². The fourth-order valence-electron chi connectivity index (χ4n) is 2.00. The van der Waals surface area contributed by atoms with Crippen LogP contribution in [0.2, 0.25) is 0 Å². The number of alkyl halides is 3. The Morgan fingerprint density at radius 2 is 1.83 bits per heavy atom. The highest BCUT2D eigenvalue weighted by Gasteiger charge is 2.29. The van der Waals surface area contributed by atoms with Gasteiger partial charge in [0.25, 0.3) is 5.91 Å². The number of hydrogen-bond donors (Lipinski definition) is 1. The lowest BCUT2D eigenvalue weighted by molar-refractivity contribution is -0.123. The van der Waals surface area contributed by atoms with Gasteiger partial charge < -0.3 is 10.1 Å². The van der Waals surface area contributed by atoms with E-state index in [2.05, 4.69) is 0 Å². The van der Waals surface area contributed by atoms with E-state index in [0.717, 1.165) is 10.4 Å². The van der Waals surface area contributed by atoms with Crippen molar-refractivity contribution in [3.63, 3.8) is 0 Å². The molecule has 0 unspecified atom stereocenters. The Kier molecular flexibility index (Phi) is 6.61. The first-order valence-electron chi connectivity index (χ1n) is 7.10. The molecule has 136 valence electrons. The van der Waals surface area contributed by atoms with Crippen molar-refractivity contribution in [1.29, 1.82) is 0 Å². The lowest BCUT2D eigenvalue weighted by Gasteiger charge is -2.20. The molecule has 10 heteroatoms. The van der Waals surface area contributed by atoms with Crippen LogP contribution in [0.1, 0.15) is 24.2 Å². The molecular weight excluding hydrogens is 349 g/mol. The van der Waals surface area contributed by atoms with Gasteiger partial charge in [-0.1, -0.05) is 13.8 Å². The summed E-state index contributed by atoms with van der Waals surface area (Å²) in [5.74, 6) is -1.01. The largest absolute Gasteiger partial charge is 0.495 e. The van der Waals surface area contributed by atoms with Gasteiger partial charge in [-0.05, 0) is 18.2 Å². The average Bonchev–Trinajstić information content (AvgIpc) is 2.52. The maximum absolute atomic E-state index is 12.6. The number of halogens is 3. The van der Waals surface area contributed by atoms with Crippen molar-refractivity contribution >= 4 is 15.9 Å². The normalized spacial score (nSPS) is 12.3. The molecule has 0 saturated heterocycles. The summed E-state index contributed by atoms with van der Waals surface area (Å²) in [4.78, 5) is 11.5. The summed E-state index contributed by atoms with van der Waals surface area (Å²) in [6.45, 7) is 2.19. The second-order valence-electron chi connectivity index (χ2n) is 4.75. The standard InChI is InChI=1S/C14H19F3N2O4S/c1-4-19(5-2)24(21,22)12-8-10(6-7-11(12)23-3)13(20)18-9-14(15,16)17/h6-8H,4-5,9H2,1-3H3,(H,18,20). The van der Waals surface area contributed by atoms with E-state index in [1.54, 1.807) is 19.2 Å². The zero-order valence-corrected chi connectivity index (χ0v) is 14.3. The molecule has 0 radical (unpaired) electrons. The number of hydrogen-bond acceptors (Lipinski definition) is 4. The van der Waals surface area contributed by atoms with E-state index in [9.17, 15) is 26.4 Å². The molecule has 0 heterocycles. The number of ether oxygens (including phenoxy) is 1.